The fraction of sp³-hybridized carbons (Fsp3) is 0. The third-order valence-electron chi connectivity index (χ3n) is 1.88. The van der Waals surface area contributed by atoms with E-state index in [0.717, 1.165) is 7.91 Å². The molecule has 82 valence electrons. The second-order valence-corrected chi connectivity index (χ2v) is 15.0. The number of hydrogen-bond acceptors (Lipinski definition) is 0. The van der Waals surface area contributed by atoms with Gasteiger partial charge in [0.25, 0.3) is 0 Å². The molecule has 0 unspecified atom stereocenters. The van der Waals surface area contributed by atoms with Crippen LogP contribution in [0.4, 0.5) is 0 Å². The quantitative estimate of drug-likeness (QED) is 0.701. The molecule has 0 aliphatic carbocycles. The van der Waals surface area contributed by atoms with E-state index < -0.39 is 14.0 Å². The van der Waals surface area contributed by atoms with Gasteiger partial charge < -0.3 is 0 Å². The van der Waals surface area contributed by atoms with E-state index in [2.05, 4.69) is 0 Å². The zero-order valence-corrected chi connectivity index (χ0v) is 11.6. The molecule has 0 spiro atoms. The molecule has 0 amide bonds. The number of hydrogen-bond donors (Lipinski definition) is 0. The fourth-order valence-electron chi connectivity index (χ4n) is 1.18. The minimum atomic E-state index is -2.97. The van der Waals surface area contributed by atoms with Crippen molar-refractivity contribution in [3.8, 4) is 0 Å². The zero-order valence-electron chi connectivity index (χ0n) is 7.85. The van der Waals surface area contributed by atoms with E-state index in [4.69, 9.17) is 18.8 Å². The van der Waals surface area contributed by atoms with Crippen LogP contribution in [0.2, 0.25) is 0 Å². The standard InChI is InChI=1S/2C6H5.2ClH.Pt/c2*1-2-4-6-5-3-1;;;/h2*1-5H;2*1H;/q;;;;+2/p-2. The maximum atomic E-state index is 6.53. The van der Waals surface area contributed by atoms with Crippen molar-refractivity contribution in [3.63, 3.8) is 0 Å². The van der Waals surface area contributed by atoms with E-state index >= 15 is 0 Å². The van der Waals surface area contributed by atoms with Crippen molar-refractivity contribution in [2.24, 2.45) is 0 Å². The van der Waals surface area contributed by atoms with Crippen LogP contribution in [0.1, 0.15) is 0 Å². The van der Waals surface area contributed by atoms with Gasteiger partial charge in [0.1, 0.15) is 0 Å². The Labute approximate surface area is 101 Å². The molecule has 2 aromatic carbocycles. The molecular weight excluding hydrogens is 410 g/mol. The first-order chi connectivity index (χ1) is 7.21. The molecule has 2 rings (SSSR count). The molecular formula is C12H10Cl2Pt. The molecule has 0 heterocycles. The second kappa shape index (κ2) is 4.70. The normalized spacial score (nSPS) is 12.4. The predicted molar refractivity (Wildman–Crippen MR) is 63.9 cm³/mol. The van der Waals surface area contributed by atoms with Crippen LogP contribution < -0.4 is 7.91 Å². The summed E-state index contributed by atoms with van der Waals surface area (Å²) < 4.78 is 2.14. The van der Waals surface area contributed by atoms with Gasteiger partial charge in [0.2, 0.25) is 0 Å². The Hall–Kier alpha value is -0.292. The van der Waals surface area contributed by atoms with Gasteiger partial charge in [0.15, 0.2) is 0 Å². The number of benzene rings is 2. The van der Waals surface area contributed by atoms with Gasteiger partial charge in [0.05, 0.1) is 0 Å². The van der Waals surface area contributed by atoms with Crippen LogP contribution in [0.5, 0.6) is 0 Å². The van der Waals surface area contributed by atoms with Crippen LogP contribution >= 0.6 is 18.8 Å². The molecule has 0 saturated heterocycles. The van der Waals surface area contributed by atoms with Crippen LogP contribution in [-0.2, 0) is 14.0 Å². The van der Waals surface area contributed by atoms with E-state index in [0.29, 0.717) is 0 Å². The third kappa shape index (κ3) is 2.45. The average Bonchev–Trinajstić information content (AvgIpc) is 2.31. The molecule has 0 fully saturated rings. The van der Waals surface area contributed by atoms with Gasteiger partial charge in [-0.05, 0) is 0 Å². The van der Waals surface area contributed by atoms with Gasteiger partial charge in [-0.3, -0.25) is 0 Å². The van der Waals surface area contributed by atoms with Gasteiger partial charge >= 0.3 is 101 Å². The van der Waals surface area contributed by atoms with Gasteiger partial charge in [-0.15, -0.1) is 0 Å². The van der Waals surface area contributed by atoms with E-state index in [1.54, 1.807) is 0 Å². The summed E-state index contributed by atoms with van der Waals surface area (Å²) in [5, 5.41) is 0. The zero-order chi connectivity index (χ0) is 10.7. The molecule has 0 bridgehead atoms. The Morgan fingerprint density at radius 1 is 0.600 bits per heavy atom. The van der Waals surface area contributed by atoms with Crippen LogP contribution in [0, 0.1) is 0 Å². The second-order valence-electron chi connectivity index (χ2n) is 2.88. The first-order valence-electron chi connectivity index (χ1n) is 4.38. The monoisotopic (exact) mass is 419 g/mol. The Morgan fingerprint density at radius 3 is 1.27 bits per heavy atom. The molecule has 0 aromatic heterocycles. The van der Waals surface area contributed by atoms with Crippen molar-refractivity contribution in [2.75, 3.05) is 0 Å². The van der Waals surface area contributed by atoms with Gasteiger partial charge in [0, 0.05) is 0 Å². The molecule has 2 aromatic rings. The van der Waals surface area contributed by atoms with Crippen molar-refractivity contribution < 1.29 is 14.0 Å². The Kier molecular flexibility index (Phi) is 3.51. The molecule has 0 aliphatic rings. The predicted octanol–water partition coefficient (Wildman–Crippen LogP) is 3.10. The summed E-state index contributed by atoms with van der Waals surface area (Å²) in [4.78, 5) is 0. The third-order valence-corrected chi connectivity index (χ3v) is 11.2. The molecule has 0 nitrogen and oxygen atoms in total. The topological polar surface area (TPSA) is 0 Å². The summed E-state index contributed by atoms with van der Waals surface area (Å²) in [6.45, 7) is 0. The maximum absolute atomic E-state index is 6.53. The molecule has 0 aliphatic heterocycles. The Balaban J connectivity index is 2.44. The van der Waals surface area contributed by atoms with Gasteiger partial charge in [-0.25, -0.2) is 0 Å². The van der Waals surface area contributed by atoms with Crippen molar-refractivity contribution in [2.45, 2.75) is 0 Å². The van der Waals surface area contributed by atoms with Crippen molar-refractivity contribution in [1.29, 1.82) is 0 Å². The van der Waals surface area contributed by atoms with Crippen molar-refractivity contribution >= 4 is 26.7 Å². The van der Waals surface area contributed by atoms with Crippen LogP contribution in [0.3, 0.4) is 0 Å². The van der Waals surface area contributed by atoms with Crippen molar-refractivity contribution in [1.82, 2.24) is 0 Å². The fourth-order valence-corrected chi connectivity index (χ4v) is 7.32. The summed E-state index contributed by atoms with van der Waals surface area (Å²) in [6, 6.07) is 19.9. The minimum absolute atomic E-state index is 1.07. The van der Waals surface area contributed by atoms with Crippen LogP contribution in [0.15, 0.2) is 60.7 Å². The van der Waals surface area contributed by atoms with Crippen molar-refractivity contribution in [3.05, 3.63) is 60.7 Å². The molecule has 0 radical (unpaired) electrons. The molecule has 3 heteroatoms. The Bertz CT molecular complexity index is 384. The summed E-state index contributed by atoms with van der Waals surface area (Å²) in [6.07, 6.45) is 0. The number of rotatable bonds is 2. The van der Waals surface area contributed by atoms with Gasteiger partial charge in [-0.1, -0.05) is 0 Å². The van der Waals surface area contributed by atoms with Crippen LogP contribution in [0.25, 0.3) is 0 Å². The van der Waals surface area contributed by atoms with E-state index in [1.807, 2.05) is 60.7 Å². The summed E-state index contributed by atoms with van der Waals surface area (Å²) in [7, 11) is 13.1. The number of halogens is 2. The molecule has 0 atom stereocenters. The first kappa shape index (κ1) is 11.2. The molecule has 0 N–H and O–H groups in total. The summed E-state index contributed by atoms with van der Waals surface area (Å²) in [5.74, 6) is 0. The SMILES string of the molecule is [Cl][Pt]([Cl])([c]1ccccc1)[c]1ccccc1. The summed E-state index contributed by atoms with van der Waals surface area (Å²) in [5.41, 5.74) is 0. The van der Waals surface area contributed by atoms with E-state index in [-0.39, 0.29) is 0 Å². The summed E-state index contributed by atoms with van der Waals surface area (Å²) >= 11 is -2.97. The van der Waals surface area contributed by atoms with E-state index in [9.17, 15) is 0 Å². The first-order valence-corrected chi connectivity index (χ1v) is 12.3. The Morgan fingerprint density at radius 2 is 0.933 bits per heavy atom. The van der Waals surface area contributed by atoms with E-state index in [1.165, 1.54) is 0 Å². The average molecular weight is 420 g/mol. The van der Waals surface area contributed by atoms with Gasteiger partial charge in [-0.2, -0.15) is 0 Å². The molecule has 0 saturated carbocycles. The van der Waals surface area contributed by atoms with Crippen LogP contribution in [-0.4, -0.2) is 0 Å². The molecule has 15 heavy (non-hydrogen) atoms.